The van der Waals surface area contributed by atoms with E-state index in [1.807, 2.05) is 0 Å². The Morgan fingerprint density at radius 3 is 3.00 bits per heavy atom. The van der Waals surface area contributed by atoms with E-state index in [1.165, 1.54) is 13.5 Å². The molecular formula is C14H22N2O2S. The van der Waals surface area contributed by atoms with Crippen LogP contribution in [0.2, 0.25) is 0 Å². The fraction of sp³-hybridized carbons (Fsp3) is 0.714. The van der Waals surface area contributed by atoms with Gasteiger partial charge in [-0.05, 0) is 18.3 Å². The van der Waals surface area contributed by atoms with E-state index in [4.69, 9.17) is 0 Å². The van der Waals surface area contributed by atoms with Gasteiger partial charge in [0.05, 0.1) is 19.2 Å². The van der Waals surface area contributed by atoms with Gasteiger partial charge in [0.15, 0.2) is 5.13 Å². The molecule has 0 saturated carbocycles. The van der Waals surface area contributed by atoms with Crippen LogP contribution in [0.3, 0.4) is 0 Å². The van der Waals surface area contributed by atoms with Crippen molar-refractivity contribution in [3.63, 3.8) is 0 Å². The third-order valence-corrected chi connectivity index (χ3v) is 4.91. The molecule has 106 valence electrons. The molecular weight excluding hydrogens is 260 g/mol. The fourth-order valence-corrected chi connectivity index (χ4v) is 3.22. The summed E-state index contributed by atoms with van der Waals surface area (Å²) in [4.78, 5) is 18.1. The van der Waals surface area contributed by atoms with Gasteiger partial charge in [-0.3, -0.25) is 4.79 Å². The van der Waals surface area contributed by atoms with Gasteiger partial charge in [0.25, 0.3) is 0 Å². The largest absolute Gasteiger partial charge is 0.469 e. The summed E-state index contributed by atoms with van der Waals surface area (Å²) >= 11 is 1.68. The fourth-order valence-electron chi connectivity index (χ4n) is 2.33. The van der Waals surface area contributed by atoms with Gasteiger partial charge in [-0.25, -0.2) is 4.98 Å². The highest BCUT2D eigenvalue weighted by atomic mass is 32.1. The van der Waals surface area contributed by atoms with Crippen molar-refractivity contribution >= 4 is 22.4 Å². The molecule has 1 aromatic rings. The normalized spacial score (nSPS) is 23.4. The maximum atomic E-state index is 11.1. The monoisotopic (exact) mass is 282 g/mol. The Morgan fingerprint density at radius 1 is 1.53 bits per heavy atom. The van der Waals surface area contributed by atoms with E-state index in [1.54, 1.807) is 11.3 Å². The number of thiazole rings is 1. The number of rotatable bonds is 4. The van der Waals surface area contributed by atoms with Crippen LogP contribution in [0.1, 0.15) is 32.4 Å². The van der Waals surface area contributed by atoms with Crippen molar-refractivity contribution in [3.8, 4) is 0 Å². The average molecular weight is 282 g/mol. The Kier molecular flexibility index (Phi) is 4.80. The zero-order valence-corrected chi connectivity index (χ0v) is 12.7. The number of esters is 1. The third-order valence-electron chi connectivity index (χ3n) is 3.96. The van der Waals surface area contributed by atoms with E-state index in [-0.39, 0.29) is 5.97 Å². The van der Waals surface area contributed by atoms with Crippen molar-refractivity contribution in [2.24, 2.45) is 11.8 Å². The highest BCUT2D eigenvalue weighted by Gasteiger charge is 2.24. The molecule has 5 heteroatoms. The third kappa shape index (κ3) is 3.69. The van der Waals surface area contributed by atoms with E-state index in [0.717, 1.165) is 35.8 Å². The first-order valence-electron chi connectivity index (χ1n) is 6.86. The molecule has 0 bridgehead atoms. The molecule has 1 fully saturated rings. The second-order valence-electron chi connectivity index (χ2n) is 5.39. The van der Waals surface area contributed by atoms with Gasteiger partial charge >= 0.3 is 5.97 Å². The average Bonchev–Trinajstić information content (AvgIpc) is 2.88. The number of aryl methyl sites for hydroxylation is 1. The molecule has 0 amide bonds. The van der Waals surface area contributed by atoms with Crippen LogP contribution in [0.5, 0.6) is 0 Å². The van der Waals surface area contributed by atoms with Crippen LogP contribution in [0.4, 0.5) is 5.13 Å². The maximum Gasteiger partial charge on any atom is 0.305 e. The van der Waals surface area contributed by atoms with E-state index in [9.17, 15) is 4.79 Å². The number of hydrogen-bond donors (Lipinski definition) is 0. The molecule has 0 aliphatic carbocycles. The summed E-state index contributed by atoms with van der Waals surface area (Å²) < 4.78 is 4.65. The van der Waals surface area contributed by atoms with Crippen LogP contribution in [0.25, 0.3) is 0 Å². The van der Waals surface area contributed by atoms with Crippen molar-refractivity contribution in [3.05, 3.63) is 11.1 Å². The van der Waals surface area contributed by atoms with Crippen molar-refractivity contribution in [1.29, 1.82) is 0 Å². The zero-order valence-electron chi connectivity index (χ0n) is 11.9. The number of ether oxygens (including phenoxy) is 1. The summed E-state index contributed by atoms with van der Waals surface area (Å²) in [6.07, 6.45) is 2.31. The number of methoxy groups -OCH3 is 1. The molecule has 1 aliphatic rings. The predicted octanol–water partition coefficient (Wildman–Crippen LogP) is 2.73. The lowest BCUT2D eigenvalue weighted by Crippen LogP contribution is -2.38. The molecule has 1 saturated heterocycles. The van der Waals surface area contributed by atoms with Crippen molar-refractivity contribution in [2.45, 2.75) is 33.1 Å². The quantitative estimate of drug-likeness (QED) is 0.796. The Balaban J connectivity index is 1.91. The highest BCUT2D eigenvalue weighted by Crippen LogP contribution is 2.29. The van der Waals surface area contributed by atoms with Crippen LogP contribution in [-0.2, 0) is 16.0 Å². The molecule has 4 nitrogen and oxygen atoms in total. The Morgan fingerprint density at radius 2 is 2.32 bits per heavy atom. The standard InChI is InChI=1S/C14H22N2O2S/c1-10-6-7-16(8-11(10)2)14-15-12(9-19-14)4-5-13(17)18-3/h9-11H,4-8H2,1-3H3. The predicted molar refractivity (Wildman–Crippen MR) is 77.6 cm³/mol. The maximum absolute atomic E-state index is 11.1. The molecule has 2 rings (SSSR count). The van der Waals surface area contributed by atoms with Crippen molar-refractivity contribution in [1.82, 2.24) is 4.98 Å². The summed E-state index contributed by atoms with van der Waals surface area (Å²) in [6.45, 7) is 6.81. The number of piperidine rings is 1. The van der Waals surface area contributed by atoms with E-state index in [2.05, 4.69) is 33.8 Å². The SMILES string of the molecule is COC(=O)CCc1csc(N2CCC(C)C(C)C2)n1. The molecule has 2 unspecified atom stereocenters. The van der Waals surface area contributed by atoms with Gasteiger partial charge in [0.2, 0.25) is 0 Å². The number of carbonyl (C=O) groups is 1. The van der Waals surface area contributed by atoms with Gasteiger partial charge in [0, 0.05) is 24.9 Å². The molecule has 0 spiro atoms. The Labute approximate surface area is 118 Å². The molecule has 19 heavy (non-hydrogen) atoms. The lowest BCUT2D eigenvalue weighted by molar-refractivity contribution is -0.140. The van der Waals surface area contributed by atoms with Crippen LogP contribution < -0.4 is 4.90 Å². The second-order valence-corrected chi connectivity index (χ2v) is 6.22. The van der Waals surface area contributed by atoms with Gasteiger partial charge in [-0.1, -0.05) is 13.8 Å². The van der Waals surface area contributed by atoms with Gasteiger partial charge < -0.3 is 9.64 Å². The van der Waals surface area contributed by atoms with Crippen molar-refractivity contribution in [2.75, 3.05) is 25.1 Å². The van der Waals surface area contributed by atoms with E-state index >= 15 is 0 Å². The number of carbonyl (C=O) groups excluding carboxylic acids is 1. The first-order chi connectivity index (χ1) is 9.10. The summed E-state index contributed by atoms with van der Waals surface area (Å²) in [5.41, 5.74) is 0.997. The van der Waals surface area contributed by atoms with Crippen LogP contribution in [0.15, 0.2) is 5.38 Å². The Hall–Kier alpha value is -1.10. The van der Waals surface area contributed by atoms with Gasteiger partial charge in [0.1, 0.15) is 0 Å². The van der Waals surface area contributed by atoms with Crippen LogP contribution >= 0.6 is 11.3 Å². The molecule has 1 aliphatic heterocycles. The van der Waals surface area contributed by atoms with E-state index in [0.29, 0.717) is 12.8 Å². The second kappa shape index (κ2) is 6.37. The molecule has 2 heterocycles. The summed E-state index contributed by atoms with van der Waals surface area (Å²) in [5, 5.41) is 3.15. The van der Waals surface area contributed by atoms with Crippen LogP contribution in [0, 0.1) is 11.8 Å². The number of nitrogens with zero attached hydrogens (tertiary/aromatic N) is 2. The van der Waals surface area contributed by atoms with Crippen LogP contribution in [-0.4, -0.2) is 31.2 Å². The van der Waals surface area contributed by atoms with Gasteiger partial charge in [-0.2, -0.15) is 0 Å². The van der Waals surface area contributed by atoms with E-state index < -0.39 is 0 Å². The molecule has 2 atom stereocenters. The number of aromatic nitrogens is 1. The molecule has 1 aromatic heterocycles. The number of hydrogen-bond acceptors (Lipinski definition) is 5. The topological polar surface area (TPSA) is 42.4 Å². The lowest BCUT2D eigenvalue weighted by Gasteiger charge is -2.35. The minimum absolute atomic E-state index is 0.171. The molecule has 0 radical (unpaired) electrons. The first-order valence-corrected chi connectivity index (χ1v) is 7.74. The summed E-state index contributed by atoms with van der Waals surface area (Å²) in [7, 11) is 1.42. The highest BCUT2D eigenvalue weighted by molar-refractivity contribution is 7.13. The smallest absolute Gasteiger partial charge is 0.305 e. The molecule has 0 N–H and O–H groups in total. The Bertz CT molecular complexity index is 433. The lowest BCUT2D eigenvalue weighted by atomic mass is 9.89. The minimum atomic E-state index is -0.171. The minimum Gasteiger partial charge on any atom is -0.469 e. The number of anilines is 1. The summed E-state index contributed by atoms with van der Waals surface area (Å²) in [6, 6.07) is 0. The zero-order chi connectivity index (χ0) is 13.8. The van der Waals surface area contributed by atoms with Gasteiger partial charge in [-0.15, -0.1) is 11.3 Å². The molecule has 0 aromatic carbocycles. The van der Waals surface area contributed by atoms with Crippen molar-refractivity contribution < 1.29 is 9.53 Å². The summed E-state index contributed by atoms with van der Waals surface area (Å²) in [5.74, 6) is 1.35. The first kappa shape index (κ1) is 14.3.